The maximum atomic E-state index is 10.6. The van der Waals surface area contributed by atoms with Gasteiger partial charge in [0.25, 0.3) is 0 Å². The number of aromatic carboxylic acids is 1. The van der Waals surface area contributed by atoms with E-state index in [0.29, 0.717) is 12.3 Å². The van der Waals surface area contributed by atoms with Crippen molar-refractivity contribution in [3.63, 3.8) is 0 Å². The molecule has 5 heteroatoms. The third-order valence-electron chi connectivity index (χ3n) is 2.21. The van der Waals surface area contributed by atoms with E-state index in [4.69, 9.17) is 14.3 Å². The number of rotatable bonds is 7. The topological polar surface area (TPSA) is 62.9 Å². The summed E-state index contributed by atoms with van der Waals surface area (Å²) in [6.07, 6.45) is 2.21. The Labute approximate surface area is 94.6 Å². The predicted octanol–water partition coefficient (Wildman–Crippen LogP) is 1.45. The number of hydrogen-bond acceptors (Lipinski definition) is 4. The largest absolute Gasteiger partial charge is 0.478 e. The number of methoxy groups -OCH3 is 1. The summed E-state index contributed by atoms with van der Waals surface area (Å²) >= 11 is 0. The van der Waals surface area contributed by atoms with Crippen LogP contribution in [0.15, 0.2) is 16.7 Å². The van der Waals surface area contributed by atoms with Crippen LogP contribution in [0.4, 0.5) is 0 Å². The maximum Gasteiger partial charge on any atom is 0.338 e. The molecule has 1 N–H and O–H groups in total. The first-order valence-electron chi connectivity index (χ1n) is 5.11. The molecule has 0 fully saturated rings. The molecule has 1 rings (SSSR count). The lowest BCUT2D eigenvalue weighted by Gasteiger charge is -2.14. The van der Waals surface area contributed by atoms with E-state index in [1.165, 1.54) is 6.26 Å². The molecule has 0 aliphatic rings. The van der Waals surface area contributed by atoms with Gasteiger partial charge in [-0.15, -0.1) is 0 Å². The second kappa shape index (κ2) is 6.30. The molecule has 0 amide bonds. The Bertz CT molecular complexity index is 334. The second-order valence-electron chi connectivity index (χ2n) is 3.69. The van der Waals surface area contributed by atoms with Crippen LogP contribution < -0.4 is 0 Å². The normalized spacial score (nSPS) is 10.9. The molecule has 5 nitrogen and oxygen atoms in total. The molecule has 0 aliphatic carbocycles. The number of hydrogen-bond donors (Lipinski definition) is 1. The van der Waals surface area contributed by atoms with Gasteiger partial charge in [-0.1, -0.05) is 0 Å². The Hall–Kier alpha value is -1.33. The molecule has 90 valence electrons. The zero-order valence-corrected chi connectivity index (χ0v) is 9.60. The monoisotopic (exact) mass is 227 g/mol. The van der Waals surface area contributed by atoms with E-state index in [1.54, 1.807) is 13.2 Å². The van der Waals surface area contributed by atoms with Crippen LogP contribution in [0.1, 0.15) is 22.5 Å². The van der Waals surface area contributed by atoms with Gasteiger partial charge in [0.2, 0.25) is 0 Å². The van der Waals surface area contributed by atoms with E-state index in [1.807, 2.05) is 7.05 Å². The fourth-order valence-electron chi connectivity index (χ4n) is 1.40. The molecule has 0 radical (unpaired) electrons. The standard InChI is InChI=1S/C11H17NO4/c1-12(4-3-5-15-2)7-10-6-9(8-16-10)11(13)14/h6,8H,3-5,7H2,1-2H3,(H,13,14). The van der Waals surface area contributed by atoms with Crippen molar-refractivity contribution >= 4 is 5.97 Å². The molecular weight excluding hydrogens is 210 g/mol. The number of carbonyl (C=O) groups is 1. The number of carboxylic acids is 1. The summed E-state index contributed by atoms with van der Waals surface area (Å²) in [4.78, 5) is 12.7. The molecular formula is C11H17NO4. The zero-order valence-electron chi connectivity index (χ0n) is 9.60. The minimum absolute atomic E-state index is 0.195. The Balaban J connectivity index is 2.37. The van der Waals surface area contributed by atoms with E-state index >= 15 is 0 Å². The zero-order chi connectivity index (χ0) is 12.0. The van der Waals surface area contributed by atoms with Crippen molar-refractivity contribution < 1.29 is 19.1 Å². The van der Waals surface area contributed by atoms with Gasteiger partial charge in [-0.25, -0.2) is 4.79 Å². The van der Waals surface area contributed by atoms with Crippen LogP contribution in [0, 0.1) is 0 Å². The van der Waals surface area contributed by atoms with Crippen LogP contribution in [0.2, 0.25) is 0 Å². The van der Waals surface area contributed by atoms with E-state index in [0.717, 1.165) is 19.6 Å². The van der Waals surface area contributed by atoms with Crippen molar-refractivity contribution in [2.24, 2.45) is 0 Å². The van der Waals surface area contributed by atoms with E-state index in [-0.39, 0.29) is 5.56 Å². The molecule has 0 aliphatic heterocycles. The van der Waals surface area contributed by atoms with Crippen LogP contribution in [-0.4, -0.2) is 43.3 Å². The van der Waals surface area contributed by atoms with E-state index in [2.05, 4.69) is 4.90 Å². The van der Waals surface area contributed by atoms with Gasteiger partial charge in [0.15, 0.2) is 0 Å². The summed E-state index contributed by atoms with van der Waals surface area (Å²) in [5, 5.41) is 8.72. The first-order valence-corrected chi connectivity index (χ1v) is 5.11. The van der Waals surface area contributed by atoms with Crippen molar-refractivity contribution in [3.8, 4) is 0 Å². The number of carboxylic acid groups (broad SMARTS) is 1. The average Bonchev–Trinajstić information content (AvgIpc) is 2.66. The van der Waals surface area contributed by atoms with Gasteiger partial charge < -0.3 is 14.3 Å². The lowest BCUT2D eigenvalue weighted by Crippen LogP contribution is -2.19. The smallest absolute Gasteiger partial charge is 0.338 e. The highest BCUT2D eigenvalue weighted by molar-refractivity contribution is 5.87. The van der Waals surface area contributed by atoms with Gasteiger partial charge in [-0.2, -0.15) is 0 Å². The molecule has 0 bridgehead atoms. The lowest BCUT2D eigenvalue weighted by molar-refractivity contribution is 0.0696. The molecule has 0 saturated carbocycles. The van der Waals surface area contributed by atoms with E-state index < -0.39 is 5.97 Å². The quantitative estimate of drug-likeness (QED) is 0.714. The van der Waals surface area contributed by atoms with Crippen molar-refractivity contribution in [3.05, 3.63) is 23.7 Å². The van der Waals surface area contributed by atoms with E-state index in [9.17, 15) is 4.79 Å². The van der Waals surface area contributed by atoms with Gasteiger partial charge in [0.1, 0.15) is 12.0 Å². The molecule has 0 atom stereocenters. The minimum atomic E-state index is -0.961. The summed E-state index contributed by atoms with van der Waals surface area (Å²) in [5.74, 6) is -0.297. The Morgan fingerprint density at radius 1 is 1.62 bits per heavy atom. The highest BCUT2D eigenvalue weighted by Crippen LogP contribution is 2.09. The Morgan fingerprint density at radius 2 is 2.38 bits per heavy atom. The van der Waals surface area contributed by atoms with Gasteiger partial charge in [0.05, 0.1) is 12.1 Å². The average molecular weight is 227 g/mol. The molecule has 0 spiro atoms. The van der Waals surface area contributed by atoms with Crippen LogP contribution in [0.25, 0.3) is 0 Å². The number of ether oxygens (including phenoxy) is 1. The summed E-state index contributed by atoms with van der Waals surface area (Å²) in [6, 6.07) is 1.55. The van der Waals surface area contributed by atoms with Gasteiger partial charge >= 0.3 is 5.97 Å². The maximum absolute atomic E-state index is 10.6. The minimum Gasteiger partial charge on any atom is -0.478 e. The Morgan fingerprint density at radius 3 is 2.94 bits per heavy atom. The highest BCUT2D eigenvalue weighted by atomic mass is 16.5. The third-order valence-corrected chi connectivity index (χ3v) is 2.21. The molecule has 0 unspecified atom stereocenters. The fraction of sp³-hybridized carbons (Fsp3) is 0.545. The number of furan rings is 1. The SMILES string of the molecule is COCCCN(C)Cc1cc(C(=O)O)co1. The lowest BCUT2D eigenvalue weighted by atomic mass is 10.3. The summed E-state index contributed by atoms with van der Waals surface area (Å²) < 4.78 is 10.1. The van der Waals surface area contributed by atoms with Gasteiger partial charge in [0, 0.05) is 20.3 Å². The summed E-state index contributed by atoms with van der Waals surface area (Å²) in [5.41, 5.74) is 0.195. The Kier molecular flexibility index (Phi) is 5.01. The first-order chi connectivity index (χ1) is 7.63. The molecule has 1 aromatic rings. The van der Waals surface area contributed by atoms with Gasteiger partial charge in [-0.05, 0) is 19.5 Å². The van der Waals surface area contributed by atoms with Gasteiger partial charge in [-0.3, -0.25) is 4.90 Å². The first kappa shape index (κ1) is 12.7. The summed E-state index contributed by atoms with van der Waals surface area (Å²) in [6.45, 7) is 2.22. The summed E-state index contributed by atoms with van der Waals surface area (Å²) in [7, 11) is 3.63. The molecule has 1 heterocycles. The highest BCUT2D eigenvalue weighted by Gasteiger charge is 2.09. The van der Waals surface area contributed by atoms with Crippen LogP contribution in [-0.2, 0) is 11.3 Å². The molecule has 0 saturated heterocycles. The third kappa shape index (κ3) is 4.04. The predicted molar refractivity (Wildman–Crippen MR) is 58.5 cm³/mol. The number of nitrogens with zero attached hydrogens (tertiary/aromatic N) is 1. The molecule has 1 aromatic heterocycles. The molecule has 16 heavy (non-hydrogen) atoms. The van der Waals surface area contributed by atoms with Crippen molar-refractivity contribution in [1.29, 1.82) is 0 Å². The van der Waals surface area contributed by atoms with Crippen LogP contribution in [0.3, 0.4) is 0 Å². The van der Waals surface area contributed by atoms with Crippen molar-refractivity contribution in [2.75, 3.05) is 27.3 Å². The van der Waals surface area contributed by atoms with Crippen LogP contribution in [0.5, 0.6) is 0 Å². The van der Waals surface area contributed by atoms with Crippen LogP contribution >= 0.6 is 0 Å². The van der Waals surface area contributed by atoms with Crippen molar-refractivity contribution in [2.45, 2.75) is 13.0 Å². The fourth-order valence-corrected chi connectivity index (χ4v) is 1.40. The second-order valence-corrected chi connectivity index (χ2v) is 3.69. The molecule has 0 aromatic carbocycles. The van der Waals surface area contributed by atoms with Crippen molar-refractivity contribution in [1.82, 2.24) is 4.90 Å².